The molecule has 0 aromatic heterocycles. The molecule has 2 aromatic carbocycles. The van der Waals surface area contributed by atoms with Gasteiger partial charge in [-0.25, -0.2) is 0 Å². The average Bonchev–Trinajstić information content (AvgIpc) is 3.31. The Bertz CT molecular complexity index is 626. The Labute approximate surface area is 135 Å². The predicted molar refractivity (Wildman–Crippen MR) is 87.1 cm³/mol. The highest BCUT2D eigenvalue weighted by Crippen LogP contribution is 2.28. The van der Waals surface area contributed by atoms with Crippen molar-refractivity contribution >= 4 is 23.2 Å². The van der Waals surface area contributed by atoms with Crippen LogP contribution in [0.15, 0.2) is 42.5 Å². The van der Waals surface area contributed by atoms with Crippen molar-refractivity contribution in [2.45, 2.75) is 32.0 Å². The van der Waals surface area contributed by atoms with E-state index in [4.69, 9.17) is 27.9 Å². The van der Waals surface area contributed by atoms with Crippen molar-refractivity contribution in [2.75, 3.05) is 0 Å². The lowest BCUT2D eigenvalue weighted by Crippen LogP contribution is -2.16. The SMILES string of the molecule is Clc1ccc(Cl)c(OCc2ccccc2CNC2CC2)c1. The second-order valence-electron chi connectivity index (χ2n) is 5.29. The molecule has 0 radical (unpaired) electrons. The molecule has 0 spiro atoms. The van der Waals surface area contributed by atoms with E-state index in [1.807, 2.05) is 6.07 Å². The van der Waals surface area contributed by atoms with Crippen LogP contribution >= 0.6 is 23.2 Å². The smallest absolute Gasteiger partial charge is 0.139 e. The summed E-state index contributed by atoms with van der Waals surface area (Å²) in [4.78, 5) is 0. The van der Waals surface area contributed by atoms with Crippen LogP contribution in [0, 0.1) is 0 Å². The van der Waals surface area contributed by atoms with Crippen LogP contribution in [0.5, 0.6) is 5.75 Å². The summed E-state index contributed by atoms with van der Waals surface area (Å²) < 4.78 is 5.82. The van der Waals surface area contributed by atoms with Gasteiger partial charge in [0.15, 0.2) is 0 Å². The van der Waals surface area contributed by atoms with Gasteiger partial charge in [0.25, 0.3) is 0 Å². The first-order valence-electron chi connectivity index (χ1n) is 7.10. The minimum atomic E-state index is 0.489. The normalized spacial score (nSPS) is 14.2. The third-order valence-electron chi connectivity index (χ3n) is 3.55. The zero-order chi connectivity index (χ0) is 14.7. The maximum Gasteiger partial charge on any atom is 0.139 e. The predicted octanol–water partition coefficient (Wildman–Crippen LogP) is 4.82. The molecular weight excluding hydrogens is 305 g/mol. The summed E-state index contributed by atoms with van der Waals surface area (Å²) in [7, 11) is 0. The van der Waals surface area contributed by atoms with Crippen LogP contribution in [0.2, 0.25) is 10.0 Å². The molecule has 1 fully saturated rings. The molecule has 1 saturated carbocycles. The Morgan fingerprint density at radius 2 is 1.81 bits per heavy atom. The molecule has 110 valence electrons. The average molecular weight is 322 g/mol. The molecule has 2 nitrogen and oxygen atoms in total. The van der Waals surface area contributed by atoms with Gasteiger partial charge in [-0.05, 0) is 36.1 Å². The summed E-state index contributed by atoms with van der Waals surface area (Å²) in [5.41, 5.74) is 2.43. The maximum atomic E-state index is 6.12. The third kappa shape index (κ3) is 4.13. The Kier molecular flexibility index (Phi) is 4.69. The van der Waals surface area contributed by atoms with Gasteiger partial charge in [0.2, 0.25) is 0 Å². The van der Waals surface area contributed by atoms with Crippen LogP contribution in [0.4, 0.5) is 0 Å². The zero-order valence-corrected chi connectivity index (χ0v) is 13.1. The molecule has 0 bridgehead atoms. The highest BCUT2D eigenvalue weighted by atomic mass is 35.5. The molecule has 21 heavy (non-hydrogen) atoms. The van der Waals surface area contributed by atoms with E-state index < -0.39 is 0 Å². The lowest BCUT2D eigenvalue weighted by Gasteiger charge is -2.12. The van der Waals surface area contributed by atoms with Crippen LogP contribution in [0.25, 0.3) is 0 Å². The first kappa shape index (κ1) is 14.7. The van der Waals surface area contributed by atoms with Crippen LogP contribution in [-0.2, 0) is 13.2 Å². The van der Waals surface area contributed by atoms with Gasteiger partial charge in [-0.2, -0.15) is 0 Å². The number of hydrogen-bond acceptors (Lipinski definition) is 2. The Morgan fingerprint density at radius 3 is 2.57 bits per heavy atom. The first-order valence-corrected chi connectivity index (χ1v) is 7.86. The Morgan fingerprint density at radius 1 is 1.05 bits per heavy atom. The highest BCUT2D eigenvalue weighted by molar-refractivity contribution is 6.34. The van der Waals surface area contributed by atoms with Gasteiger partial charge in [-0.1, -0.05) is 47.5 Å². The zero-order valence-electron chi connectivity index (χ0n) is 11.6. The van der Waals surface area contributed by atoms with Crippen molar-refractivity contribution in [1.82, 2.24) is 5.32 Å². The van der Waals surface area contributed by atoms with Gasteiger partial charge in [-0.3, -0.25) is 0 Å². The largest absolute Gasteiger partial charge is 0.487 e. The lowest BCUT2D eigenvalue weighted by atomic mass is 10.1. The van der Waals surface area contributed by atoms with Crippen molar-refractivity contribution in [1.29, 1.82) is 0 Å². The summed E-state index contributed by atoms with van der Waals surface area (Å²) in [5, 5.41) is 4.73. The van der Waals surface area contributed by atoms with Crippen molar-refractivity contribution in [3.8, 4) is 5.75 Å². The summed E-state index contributed by atoms with van der Waals surface area (Å²) >= 11 is 12.1. The van der Waals surface area contributed by atoms with Crippen LogP contribution in [0.1, 0.15) is 24.0 Å². The van der Waals surface area contributed by atoms with E-state index in [2.05, 4.69) is 23.5 Å². The molecule has 2 aromatic rings. The molecule has 1 aliphatic carbocycles. The topological polar surface area (TPSA) is 21.3 Å². The molecule has 1 aliphatic rings. The second-order valence-corrected chi connectivity index (χ2v) is 6.13. The van der Waals surface area contributed by atoms with Crippen molar-refractivity contribution < 1.29 is 4.74 Å². The highest BCUT2D eigenvalue weighted by Gasteiger charge is 2.20. The van der Waals surface area contributed by atoms with Crippen molar-refractivity contribution in [3.05, 3.63) is 63.6 Å². The molecular formula is C17H17Cl2NO. The van der Waals surface area contributed by atoms with Crippen LogP contribution in [-0.4, -0.2) is 6.04 Å². The third-order valence-corrected chi connectivity index (χ3v) is 4.10. The van der Waals surface area contributed by atoms with Gasteiger partial charge in [-0.15, -0.1) is 0 Å². The van der Waals surface area contributed by atoms with E-state index in [1.54, 1.807) is 18.2 Å². The molecule has 0 unspecified atom stereocenters. The Hall–Kier alpha value is -1.22. The summed E-state index contributed by atoms with van der Waals surface area (Å²) in [6.45, 7) is 1.37. The minimum Gasteiger partial charge on any atom is -0.487 e. The van der Waals surface area contributed by atoms with E-state index >= 15 is 0 Å². The second kappa shape index (κ2) is 6.69. The fourth-order valence-corrected chi connectivity index (χ4v) is 2.49. The van der Waals surface area contributed by atoms with E-state index in [9.17, 15) is 0 Å². The molecule has 0 amide bonds. The van der Waals surface area contributed by atoms with Crippen molar-refractivity contribution in [2.24, 2.45) is 0 Å². The first-order chi connectivity index (χ1) is 10.2. The monoisotopic (exact) mass is 321 g/mol. The Balaban J connectivity index is 1.67. The lowest BCUT2D eigenvalue weighted by molar-refractivity contribution is 0.305. The molecule has 0 heterocycles. The van der Waals surface area contributed by atoms with E-state index in [1.165, 1.54) is 24.0 Å². The quantitative estimate of drug-likeness (QED) is 0.823. The number of hydrogen-bond donors (Lipinski definition) is 1. The van der Waals surface area contributed by atoms with Crippen molar-refractivity contribution in [3.63, 3.8) is 0 Å². The fourth-order valence-electron chi connectivity index (χ4n) is 2.16. The number of ether oxygens (including phenoxy) is 1. The van der Waals surface area contributed by atoms with Gasteiger partial charge >= 0.3 is 0 Å². The summed E-state index contributed by atoms with van der Waals surface area (Å²) in [5.74, 6) is 0.620. The van der Waals surface area contributed by atoms with Gasteiger partial charge in [0.05, 0.1) is 5.02 Å². The van der Waals surface area contributed by atoms with Gasteiger partial charge in [0.1, 0.15) is 12.4 Å². The molecule has 0 saturated heterocycles. The summed E-state index contributed by atoms with van der Waals surface area (Å²) in [6, 6.07) is 14.2. The molecule has 3 rings (SSSR count). The molecule has 4 heteroatoms. The van der Waals surface area contributed by atoms with E-state index in [-0.39, 0.29) is 0 Å². The molecule has 0 aliphatic heterocycles. The van der Waals surface area contributed by atoms with Crippen LogP contribution < -0.4 is 10.1 Å². The fraction of sp³-hybridized carbons (Fsp3) is 0.294. The van der Waals surface area contributed by atoms with E-state index in [0.29, 0.717) is 28.4 Å². The maximum absolute atomic E-state index is 6.12. The van der Waals surface area contributed by atoms with Gasteiger partial charge < -0.3 is 10.1 Å². The van der Waals surface area contributed by atoms with E-state index in [0.717, 1.165) is 6.54 Å². The number of benzene rings is 2. The molecule has 1 N–H and O–H groups in total. The number of nitrogens with one attached hydrogen (secondary N) is 1. The summed E-state index contributed by atoms with van der Waals surface area (Å²) in [6.07, 6.45) is 2.58. The number of halogens is 2. The molecule has 0 atom stereocenters. The minimum absolute atomic E-state index is 0.489. The number of rotatable bonds is 6. The van der Waals surface area contributed by atoms with Gasteiger partial charge in [0, 0.05) is 23.7 Å². The standard InChI is InChI=1S/C17H17Cl2NO/c18-14-5-8-16(19)17(9-14)21-11-13-4-2-1-3-12(13)10-20-15-6-7-15/h1-5,8-9,15,20H,6-7,10-11H2. The van der Waals surface area contributed by atoms with Crippen LogP contribution in [0.3, 0.4) is 0 Å².